The molecule has 1 aliphatic rings. The molecule has 0 N–H and O–H groups in total. The van der Waals surface area contributed by atoms with Gasteiger partial charge in [0.1, 0.15) is 11.6 Å². The van der Waals surface area contributed by atoms with Crippen LogP contribution in [0.4, 0.5) is 5.82 Å². The molecule has 0 radical (unpaired) electrons. The van der Waals surface area contributed by atoms with Crippen LogP contribution >= 0.6 is 0 Å². The molecule has 4 heterocycles. The molecule has 0 saturated carbocycles. The van der Waals surface area contributed by atoms with Gasteiger partial charge in [0, 0.05) is 57.4 Å². The van der Waals surface area contributed by atoms with E-state index in [9.17, 15) is 0 Å². The molecule has 8 heteroatoms. The Hall–Kier alpha value is -2.74. The predicted molar refractivity (Wildman–Crippen MR) is 99.5 cm³/mol. The van der Waals surface area contributed by atoms with Crippen molar-refractivity contribution in [2.24, 2.45) is 0 Å². The first-order chi connectivity index (χ1) is 12.7. The molecule has 3 aromatic heterocycles. The molecule has 26 heavy (non-hydrogen) atoms. The number of anilines is 1. The lowest BCUT2D eigenvalue weighted by molar-refractivity contribution is 0.244. The van der Waals surface area contributed by atoms with E-state index in [-0.39, 0.29) is 0 Å². The zero-order valence-electron chi connectivity index (χ0n) is 15.3. The van der Waals surface area contributed by atoms with E-state index in [1.807, 2.05) is 36.1 Å². The lowest BCUT2D eigenvalue weighted by Gasteiger charge is -2.35. The lowest BCUT2D eigenvalue weighted by Crippen LogP contribution is -2.47. The van der Waals surface area contributed by atoms with Crippen molar-refractivity contribution in [1.82, 2.24) is 34.4 Å². The van der Waals surface area contributed by atoms with Crippen LogP contribution in [0.3, 0.4) is 0 Å². The van der Waals surface area contributed by atoms with E-state index < -0.39 is 0 Å². The first kappa shape index (κ1) is 16.7. The second kappa shape index (κ2) is 7.25. The standard InChI is InChI=1S/C18H24N8/c1-15-13-20-25(14-15)11-8-23-6-9-24(10-7-23)17-12-18(22-16(2)21-17)26-5-3-4-19-26/h3-5,12-14H,6-11H2,1-2H3. The van der Waals surface area contributed by atoms with Crippen molar-refractivity contribution in [1.29, 1.82) is 0 Å². The molecule has 1 saturated heterocycles. The van der Waals surface area contributed by atoms with Gasteiger partial charge in [-0.2, -0.15) is 10.2 Å². The van der Waals surface area contributed by atoms with E-state index in [2.05, 4.69) is 43.1 Å². The molecule has 8 nitrogen and oxygen atoms in total. The van der Waals surface area contributed by atoms with Crippen molar-refractivity contribution >= 4 is 5.82 Å². The van der Waals surface area contributed by atoms with Crippen molar-refractivity contribution in [2.45, 2.75) is 20.4 Å². The van der Waals surface area contributed by atoms with Gasteiger partial charge in [0.15, 0.2) is 5.82 Å². The van der Waals surface area contributed by atoms with Gasteiger partial charge in [0.25, 0.3) is 0 Å². The number of rotatable bonds is 5. The Balaban J connectivity index is 1.37. The van der Waals surface area contributed by atoms with Crippen LogP contribution in [-0.2, 0) is 6.54 Å². The maximum atomic E-state index is 4.63. The van der Waals surface area contributed by atoms with E-state index in [1.54, 1.807) is 10.9 Å². The van der Waals surface area contributed by atoms with Crippen LogP contribution in [0.1, 0.15) is 11.4 Å². The lowest BCUT2D eigenvalue weighted by atomic mass is 10.3. The third-order valence-corrected chi connectivity index (χ3v) is 4.65. The minimum absolute atomic E-state index is 0.768. The van der Waals surface area contributed by atoms with Crippen LogP contribution in [0, 0.1) is 13.8 Å². The SMILES string of the molecule is Cc1cnn(CCN2CCN(c3cc(-n4cccn4)nc(C)n3)CC2)c1. The minimum Gasteiger partial charge on any atom is -0.354 e. The third kappa shape index (κ3) is 3.75. The third-order valence-electron chi connectivity index (χ3n) is 4.65. The van der Waals surface area contributed by atoms with Crippen LogP contribution in [-0.4, -0.2) is 67.2 Å². The Labute approximate surface area is 153 Å². The second-order valence-electron chi connectivity index (χ2n) is 6.69. The Morgan fingerprint density at radius 3 is 2.46 bits per heavy atom. The van der Waals surface area contributed by atoms with Gasteiger partial charge < -0.3 is 4.90 Å². The van der Waals surface area contributed by atoms with Gasteiger partial charge >= 0.3 is 0 Å². The monoisotopic (exact) mass is 352 g/mol. The van der Waals surface area contributed by atoms with E-state index in [1.165, 1.54) is 5.56 Å². The molecular weight excluding hydrogens is 328 g/mol. The Bertz CT molecular complexity index is 846. The summed E-state index contributed by atoms with van der Waals surface area (Å²) in [6, 6.07) is 3.92. The van der Waals surface area contributed by atoms with Gasteiger partial charge in [-0.15, -0.1) is 0 Å². The highest BCUT2D eigenvalue weighted by Crippen LogP contribution is 2.17. The van der Waals surface area contributed by atoms with Crippen molar-refractivity contribution in [2.75, 3.05) is 37.6 Å². The quantitative estimate of drug-likeness (QED) is 0.689. The molecule has 4 rings (SSSR count). The van der Waals surface area contributed by atoms with E-state index >= 15 is 0 Å². The summed E-state index contributed by atoms with van der Waals surface area (Å²) in [5.41, 5.74) is 1.21. The van der Waals surface area contributed by atoms with Gasteiger partial charge in [0.05, 0.1) is 12.7 Å². The molecule has 0 atom stereocenters. The largest absolute Gasteiger partial charge is 0.354 e. The van der Waals surface area contributed by atoms with Crippen LogP contribution < -0.4 is 4.90 Å². The molecule has 0 amide bonds. The smallest absolute Gasteiger partial charge is 0.159 e. The summed E-state index contributed by atoms with van der Waals surface area (Å²) in [6.45, 7) is 9.95. The number of hydrogen-bond acceptors (Lipinski definition) is 6. The molecule has 0 spiro atoms. The zero-order valence-corrected chi connectivity index (χ0v) is 15.3. The fourth-order valence-electron chi connectivity index (χ4n) is 3.25. The summed E-state index contributed by atoms with van der Waals surface area (Å²) >= 11 is 0. The molecule has 0 unspecified atom stereocenters. The summed E-state index contributed by atoms with van der Waals surface area (Å²) in [4.78, 5) is 13.9. The number of hydrogen-bond donors (Lipinski definition) is 0. The number of piperazine rings is 1. The van der Waals surface area contributed by atoms with Gasteiger partial charge in [-0.25, -0.2) is 14.6 Å². The normalized spacial score (nSPS) is 15.5. The topological polar surface area (TPSA) is 67.9 Å². The molecule has 0 aliphatic carbocycles. The Kier molecular flexibility index (Phi) is 4.66. The highest BCUT2D eigenvalue weighted by atomic mass is 15.3. The molecular formula is C18H24N8. The maximum absolute atomic E-state index is 4.63. The molecule has 0 aromatic carbocycles. The van der Waals surface area contributed by atoms with Gasteiger partial charge in [-0.1, -0.05) is 0 Å². The van der Waals surface area contributed by atoms with Gasteiger partial charge in [-0.05, 0) is 25.5 Å². The average Bonchev–Trinajstić information content (AvgIpc) is 3.32. The van der Waals surface area contributed by atoms with Crippen LogP contribution in [0.25, 0.3) is 5.82 Å². The summed E-state index contributed by atoms with van der Waals surface area (Å²) in [6.07, 6.45) is 7.67. The summed E-state index contributed by atoms with van der Waals surface area (Å²) in [5.74, 6) is 2.56. The predicted octanol–water partition coefficient (Wildman–Crippen LogP) is 1.30. The van der Waals surface area contributed by atoms with E-state index in [0.29, 0.717) is 0 Å². The number of nitrogens with zero attached hydrogens (tertiary/aromatic N) is 8. The van der Waals surface area contributed by atoms with Crippen LogP contribution in [0.5, 0.6) is 0 Å². The molecule has 0 bridgehead atoms. The Morgan fingerprint density at radius 1 is 0.962 bits per heavy atom. The molecule has 136 valence electrons. The molecule has 1 aliphatic heterocycles. The van der Waals surface area contributed by atoms with E-state index in [0.717, 1.165) is 56.7 Å². The minimum atomic E-state index is 0.768. The number of aryl methyl sites for hydroxylation is 2. The summed E-state index contributed by atoms with van der Waals surface area (Å²) in [5, 5.41) is 8.63. The van der Waals surface area contributed by atoms with Crippen molar-refractivity contribution in [3.63, 3.8) is 0 Å². The first-order valence-electron chi connectivity index (χ1n) is 8.99. The van der Waals surface area contributed by atoms with Crippen LogP contribution in [0.2, 0.25) is 0 Å². The summed E-state index contributed by atoms with van der Waals surface area (Å²) in [7, 11) is 0. The maximum Gasteiger partial charge on any atom is 0.159 e. The zero-order chi connectivity index (χ0) is 17.9. The average molecular weight is 352 g/mol. The highest BCUT2D eigenvalue weighted by molar-refractivity contribution is 5.44. The van der Waals surface area contributed by atoms with Crippen molar-refractivity contribution in [3.05, 3.63) is 48.3 Å². The van der Waals surface area contributed by atoms with Crippen LogP contribution in [0.15, 0.2) is 36.9 Å². The molecule has 1 fully saturated rings. The Morgan fingerprint density at radius 2 is 1.77 bits per heavy atom. The van der Waals surface area contributed by atoms with E-state index in [4.69, 9.17) is 0 Å². The van der Waals surface area contributed by atoms with Crippen molar-refractivity contribution < 1.29 is 0 Å². The van der Waals surface area contributed by atoms with Crippen molar-refractivity contribution in [3.8, 4) is 5.82 Å². The highest BCUT2D eigenvalue weighted by Gasteiger charge is 2.19. The fourth-order valence-corrected chi connectivity index (χ4v) is 3.25. The first-order valence-corrected chi connectivity index (χ1v) is 8.99. The summed E-state index contributed by atoms with van der Waals surface area (Å²) < 4.78 is 3.80. The molecule has 3 aromatic rings. The van der Waals surface area contributed by atoms with Gasteiger partial charge in [0.2, 0.25) is 0 Å². The van der Waals surface area contributed by atoms with Gasteiger partial charge in [-0.3, -0.25) is 9.58 Å². The number of aromatic nitrogens is 6. The second-order valence-corrected chi connectivity index (χ2v) is 6.69. The fraction of sp³-hybridized carbons (Fsp3) is 0.444.